The van der Waals surface area contributed by atoms with Crippen LogP contribution >= 0.6 is 0 Å². The van der Waals surface area contributed by atoms with Gasteiger partial charge >= 0.3 is 0 Å². The topological polar surface area (TPSA) is 56.8 Å². The van der Waals surface area contributed by atoms with E-state index in [1.165, 1.54) is 0 Å². The smallest absolute Gasteiger partial charge is 0.224 e. The van der Waals surface area contributed by atoms with Crippen LogP contribution in [0.2, 0.25) is 0 Å². The van der Waals surface area contributed by atoms with Crippen LogP contribution in [0.4, 0.5) is 5.69 Å². The van der Waals surface area contributed by atoms with Crippen LogP contribution in [0.1, 0.15) is 12.0 Å². The molecule has 150 valence electrons. The summed E-state index contributed by atoms with van der Waals surface area (Å²) in [7, 11) is 4.73. The summed E-state index contributed by atoms with van der Waals surface area (Å²) in [6.07, 6.45) is 0.831. The van der Waals surface area contributed by atoms with Crippen molar-refractivity contribution in [1.29, 1.82) is 0 Å². The highest BCUT2D eigenvalue weighted by Gasteiger charge is 2.17. The van der Waals surface area contributed by atoms with E-state index in [4.69, 9.17) is 14.2 Å². The van der Waals surface area contributed by atoms with Crippen molar-refractivity contribution in [1.82, 2.24) is 0 Å². The molecular formula is C24H25NO4. The van der Waals surface area contributed by atoms with Crippen LogP contribution in [0.25, 0.3) is 11.1 Å². The highest BCUT2D eigenvalue weighted by molar-refractivity contribution is 5.95. The molecule has 0 aliphatic heterocycles. The van der Waals surface area contributed by atoms with Crippen molar-refractivity contribution in [2.75, 3.05) is 26.6 Å². The molecule has 0 saturated carbocycles. The number of carbonyl (C=O) groups is 1. The second-order valence-corrected chi connectivity index (χ2v) is 6.45. The molecule has 5 heteroatoms. The van der Waals surface area contributed by atoms with E-state index in [0.29, 0.717) is 30.1 Å². The average molecular weight is 391 g/mol. The van der Waals surface area contributed by atoms with Crippen molar-refractivity contribution in [3.8, 4) is 28.4 Å². The quantitative estimate of drug-likeness (QED) is 0.590. The minimum absolute atomic E-state index is 0.0646. The fourth-order valence-corrected chi connectivity index (χ4v) is 3.28. The highest BCUT2D eigenvalue weighted by Crippen LogP contribution is 2.40. The lowest BCUT2D eigenvalue weighted by Gasteiger charge is -2.16. The van der Waals surface area contributed by atoms with Gasteiger partial charge in [-0.3, -0.25) is 4.79 Å². The Morgan fingerprint density at radius 2 is 1.48 bits per heavy atom. The lowest BCUT2D eigenvalue weighted by Crippen LogP contribution is -2.13. The lowest BCUT2D eigenvalue weighted by atomic mass is 10.0. The number of hydrogen-bond acceptors (Lipinski definition) is 4. The summed E-state index contributed by atoms with van der Waals surface area (Å²) in [4.78, 5) is 12.6. The van der Waals surface area contributed by atoms with Crippen LogP contribution < -0.4 is 19.5 Å². The monoisotopic (exact) mass is 391 g/mol. The first-order chi connectivity index (χ1) is 14.2. The van der Waals surface area contributed by atoms with E-state index in [2.05, 4.69) is 5.32 Å². The van der Waals surface area contributed by atoms with Crippen LogP contribution in [0.5, 0.6) is 17.2 Å². The van der Waals surface area contributed by atoms with Gasteiger partial charge in [0.2, 0.25) is 11.7 Å². The number of amides is 1. The Hall–Kier alpha value is -3.47. The molecule has 3 aromatic rings. The fourth-order valence-electron chi connectivity index (χ4n) is 3.28. The van der Waals surface area contributed by atoms with Crippen molar-refractivity contribution in [2.45, 2.75) is 12.8 Å². The van der Waals surface area contributed by atoms with Gasteiger partial charge in [-0.25, -0.2) is 0 Å². The molecule has 0 heterocycles. The number of benzene rings is 3. The van der Waals surface area contributed by atoms with Crippen LogP contribution in [-0.4, -0.2) is 27.2 Å². The Labute approximate surface area is 171 Å². The molecule has 0 unspecified atom stereocenters. The van der Waals surface area contributed by atoms with Gasteiger partial charge in [0.15, 0.2) is 11.5 Å². The molecule has 0 aliphatic carbocycles. The van der Waals surface area contributed by atoms with E-state index in [-0.39, 0.29) is 5.91 Å². The maximum absolute atomic E-state index is 12.6. The Kier molecular flexibility index (Phi) is 6.74. The minimum Gasteiger partial charge on any atom is -0.493 e. The SMILES string of the molecule is COc1ccc(CCC(=O)Nc2ccccc2-c2ccccc2)c(OC)c1OC. The number of nitrogens with one attached hydrogen (secondary N) is 1. The summed E-state index contributed by atoms with van der Waals surface area (Å²) >= 11 is 0. The second-order valence-electron chi connectivity index (χ2n) is 6.45. The third-order valence-corrected chi connectivity index (χ3v) is 4.69. The Bertz CT molecular complexity index is 970. The molecule has 0 aromatic heterocycles. The molecule has 5 nitrogen and oxygen atoms in total. The first-order valence-corrected chi connectivity index (χ1v) is 9.40. The van der Waals surface area contributed by atoms with Crippen molar-refractivity contribution < 1.29 is 19.0 Å². The zero-order valence-electron chi connectivity index (χ0n) is 16.9. The first kappa shape index (κ1) is 20.3. The lowest BCUT2D eigenvalue weighted by molar-refractivity contribution is -0.116. The summed E-state index contributed by atoms with van der Waals surface area (Å²) in [6.45, 7) is 0. The first-order valence-electron chi connectivity index (χ1n) is 9.40. The van der Waals surface area contributed by atoms with E-state index in [0.717, 1.165) is 22.4 Å². The number of hydrogen-bond donors (Lipinski definition) is 1. The Balaban J connectivity index is 1.74. The molecule has 1 N–H and O–H groups in total. The highest BCUT2D eigenvalue weighted by atomic mass is 16.5. The zero-order chi connectivity index (χ0) is 20.6. The molecule has 3 aromatic carbocycles. The predicted octanol–water partition coefficient (Wildman–Crippen LogP) is 4.95. The molecular weight excluding hydrogens is 366 g/mol. The number of para-hydroxylation sites is 1. The van der Waals surface area contributed by atoms with Gasteiger partial charge < -0.3 is 19.5 Å². The maximum atomic E-state index is 12.6. The van der Waals surface area contributed by atoms with E-state index in [1.807, 2.05) is 66.7 Å². The van der Waals surface area contributed by atoms with Gasteiger partial charge in [0.25, 0.3) is 0 Å². The van der Waals surface area contributed by atoms with Gasteiger partial charge in [-0.2, -0.15) is 0 Å². The molecule has 0 radical (unpaired) electrons. The van der Waals surface area contributed by atoms with Gasteiger partial charge in [-0.1, -0.05) is 54.6 Å². The third-order valence-electron chi connectivity index (χ3n) is 4.69. The molecule has 0 bridgehead atoms. The average Bonchev–Trinajstić information content (AvgIpc) is 2.77. The molecule has 0 aliphatic rings. The number of rotatable bonds is 8. The van der Waals surface area contributed by atoms with Crippen molar-refractivity contribution in [3.05, 3.63) is 72.3 Å². The van der Waals surface area contributed by atoms with Gasteiger partial charge in [-0.15, -0.1) is 0 Å². The van der Waals surface area contributed by atoms with Gasteiger partial charge in [0.05, 0.1) is 21.3 Å². The summed E-state index contributed by atoms with van der Waals surface area (Å²) in [5.74, 6) is 1.64. The number of ether oxygens (including phenoxy) is 3. The van der Waals surface area contributed by atoms with Crippen LogP contribution in [-0.2, 0) is 11.2 Å². The van der Waals surface area contributed by atoms with Crippen molar-refractivity contribution in [2.24, 2.45) is 0 Å². The van der Waals surface area contributed by atoms with Crippen LogP contribution in [0.3, 0.4) is 0 Å². The summed E-state index contributed by atoms with van der Waals surface area (Å²) < 4.78 is 16.2. The number of aryl methyl sites for hydroxylation is 1. The third kappa shape index (κ3) is 4.69. The maximum Gasteiger partial charge on any atom is 0.224 e. The van der Waals surface area contributed by atoms with Crippen molar-refractivity contribution >= 4 is 11.6 Å². The minimum atomic E-state index is -0.0646. The molecule has 0 atom stereocenters. The Morgan fingerprint density at radius 3 is 2.17 bits per heavy atom. The van der Waals surface area contributed by atoms with E-state index >= 15 is 0 Å². The number of anilines is 1. The Morgan fingerprint density at radius 1 is 0.793 bits per heavy atom. The summed E-state index contributed by atoms with van der Waals surface area (Å²) in [6, 6.07) is 21.5. The molecule has 1 amide bonds. The van der Waals surface area contributed by atoms with Gasteiger partial charge in [0.1, 0.15) is 0 Å². The number of carbonyl (C=O) groups excluding carboxylic acids is 1. The zero-order valence-corrected chi connectivity index (χ0v) is 16.9. The van der Waals surface area contributed by atoms with Crippen molar-refractivity contribution in [3.63, 3.8) is 0 Å². The van der Waals surface area contributed by atoms with Crippen LogP contribution in [0.15, 0.2) is 66.7 Å². The van der Waals surface area contributed by atoms with E-state index < -0.39 is 0 Å². The van der Waals surface area contributed by atoms with E-state index in [9.17, 15) is 4.79 Å². The van der Waals surface area contributed by atoms with Gasteiger partial charge in [0, 0.05) is 17.7 Å². The molecule has 0 fully saturated rings. The second kappa shape index (κ2) is 9.64. The predicted molar refractivity (Wildman–Crippen MR) is 115 cm³/mol. The number of methoxy groups -OCH3 is 3. The normalized spacial score (nSPS) is 10.3. The molecule has 29 heavy (non-hydrogen) atoms. The summed E-state index contributed by atoms with van der Waals surface area (Å²) in [5.41, 5.74) is 3.73. The largest absolute Gasteiger partial charge is 0.493 e. The molecule has 0 saturated heterocycles. The standard InChI is InChI=1S/C24H25NO4/c1-27-21-15-13-18(23(28-2)24(21)29-3)14-16-22(26)25-20-12-8-7-11-19(20)17-9-5-4-6-10-17/h4-13,15H,14,16H2,1-3H3,(H,25,26). The van der Waals surface area contributed by atoms with Crippen LogP contribution in [0, 0.1) is 0 Å². The molecule has 0 spiro atoms. The summed E-state index contributed by atoms with van der Waals surface area (Å²) in [5, 5.41) is 3.03. The fraction of sp³-hybridized carbons (Fsp3) is 0.208. The molecule has 3 rings (SSSR count). The van der Waals surface area contributed by atoms with E-state index in [1.54, 1.807) is 21.3 Å². The van der Waals surface area contributed by atoms with Gasteiger partial charge in [-0.05, 0) is 29.7 Å².